The predicted octanol–water partition coefficient (Wildman–Crippen LogP) is 4.67. The Morgan fingerprint density at radius 2 is 1.93 bits per heavy atom. The molecule has 0 aromatic heterocycles. The first kappa shape index (κ1) is 12.8. The molecule has 0 spiro atoms. The molecule has 1 rings (SSSR count). The number of halogens is 1. The van der Waals surface area contributed by atoms with E-state index >= 15 is 0 Å². The van der Waals surface area contributed by atoms with Crippen LogP contribution in [0.15, 0.2) is 24.3 Å². The minimum atomic E-state index is 1.10. The van der Waals surface area contributed by atoms with Crippen LogP contribution in [0.4, 0.5) is 0 Å². The average molecular weight is 314 g/mol. The van der Waals surface area contributed by atoms with Crippen LogP contribution in [0, 0.1) is 10.5 Å². The van der Waals surface area contributed by atoms with Gasteiger partial charge in [0.1, 0.15) is 0 Å². The van der Waals surface area contributed by atoms with Crippen LogP contribution in [0.25, 0.3) is 0 Å². The number of aryl methyl sites for hydroxylation is 2. The highest BCUT2D eigenvalue weighted by Gasteiger charge is 2.06. The topological polar surface area (TPSA) is 0 Å². The van der Waals surface area contributed by atoms with E-state index in [0.717, 1.165) is 19.3 Å². The molecule has 1 aromatic carbocycles. The first-order valence-electron chi connectivity index (χ1n) is 5.47. The fourth-order valence-electron chi connectivity index (χ4n) is 1.71. The Balaban J connectivity index is 2.91. The molecule has 82 valence electrons. The van der Waals surface area contributed by atoms with E-state index in [1.165, 1.54) is 25.8 Å². The van der Waals surface area contributed by atoms with E-state index in [9.17, 15) is 0 Å². The van der Waals surface area contributed by atoms with Gasteiger partial charge in [-0.05, 0) is 72.4 Å². The van der Waals surface area contributed by atoms with E-state index < -0.39 is 0 Å². The van der Waals surface area contributed by atoms with Gasteiger partial charge in [-0.3, -0.25) is 0 Å². The minimum absolute atomic E-state index is 1.10. The van der Waals surface area contributed by atoms with Crippen LogP contribution in [-0.4, -0.2) is 0 Å². The Hall–Kier alpha value is -0.310. The number of allylic oxidation sites excluding steroid dienone is 1. The van der Waals surface area contributed by atoms with E-state index in [2.05, 4.69) is 62.1 Å². The lowest BCUT2D eigenvalue weighted by Gasteiger charge is -2.11. The fraction of sp³-hybridized carbons (Fsp3) is 0.429. The summed E-state index contributed by atoms with van der Waals surface area (Å²) >= 11 is 2.47. The standard InChI is InChI=1S/C14H19I/c1-5-12-8-9-13(7-6-10(2)3)14(15)11(12)4/h8-9H,2,5-7H2,1,3-4H3. The average Bonchev–Trinajstić information content (AvgIpc) is 2.20. The lowest BCUT2D eigenvalue weighted by atomic mass is 9.99. The highest BCUT2D eigenvalue weighted by molar-refractivity contribution is 14.1. The smallest absolute Gasteiger partial charge is 0.0194 e. The van der Waals surface area contributed by atoms with E-state index in [1.807, 2.05) is 0 Å². The summed E-state index contributed by atoms with van der Waals surface area (Å²) in [5.74, 6) is 0. The molecule has 0 heterocycles. The maximum Gasteiger partial charge on any atom is 0.0194 e. The van der Waals surface area contributed by atoms with Gasteiger partial charge in [0, 0.05) is 3.57 Å². The molecule has 0 amide bonds. The number of hydrogen-bond acceptors (Lipinski definition) is 0. The van der Waals surface area contributed by atoms with Crippen LogP contribution in [0.2, 0.25) is 0 Å². The van der Waals surface area contributed by atoms with Crippen molar-refractivity contribution in [2.45, 2.75) is 40.0 Å². The van der Waals surface area contributed by atoms with Gasteiger partial charge in [-0.15, -0.1) is 6.58 Å². The molecule has 0 saturated carbocycles. The lowest BCUT2D eigenvalue weighted by molar-refractivity contribution is 0.932. The molecule has 0 nitrogen and oxygen atoms in total. The van der Waals surface area contributed by atoms with Crippen molar-refractivity contribution in [2.24, 2.45) is 0 Å². The predicted molar refractivity (Wildman–Crippen MR) is 76.4 cm³/mol. The number of benzene rings is 1. The zero-order chi connectivity index (χ0) is 11.4. The number of rotatable bonds is 4. The molecular weight excluding hydrogens is 295 g/mol. The summed E-state index contributed by atoms with van der Waals surface area (Å²) in [7, 11) is 0. The zero-order valence-corrected chi connectivity index (χ0v) is 12.0. The molecule has 1 heteroatoms. The summed E-state index contributed by atoms with van der Waals surface area (Å²) in [5.41, 5.74) is 5.66. The summed E-state index contributed by atoms with van der Waals surface area (Å²) in [4.78, 5) is 0. The minimum Gasteiger partial charge on any atom is -0.100 e. The van der Waals surface area contributed by atoms with Crippen LogP contribution in [-0.2, 0) is 12.8 Å². The SMILES string of the molecule is C=C(C)CCc1ccc(CC)c(C)c1I. The van der Waals surface area contributed by atoms with Gasteiger partial charge < -0.3 is 0 Å². The summed E-state index contributed by atoms with van der Waals surface area (Å²) in [6.45, 7) is 10.5. The van der Waals surface area contributed by atoms with Crippen molar-refractivity contribution >= 4 is 22.6 Å². The third-order valence-corrected chi connectivity index (χ3v) is 4.28. The first-order valence-corrected chi connectivity index (χ1v) is 6.55. The van der Waals surface area contributed by atoms with Crippen LogP contribution in [0.5, 0.6) is 0 Å². The summed E-state index contributed by atoms with van der Waals surface area (Å²) < 4.78 is 1.44. The van der Waals surface area contributed by atoms with Crippen molar-refractivity contribution in [3.8, 4) is 0 Å². The van der Waals surface area contributed by atoms with Gasteiger partial charge in [0.25, 0.3) is 0 Å². The van der Waals surface area contributed by atoms with Crippen molar-refractivity contribution in [3.63, 3.8) is 0 Å². The van der Waals surface area contributed by atoms with Crippen LogP contribution in [0.3, 0.4) is 0 Å². The van der Waals surface area contributed by atoms with E-state index in [4.69, 9.17) is 0 Å². The molecule has 0 N–H and O–H groups in total. The highest BCUT2D eigenvalue weighted by atomic mass is 127. The maximum atomic E-state index is 3.95. The zero-order valence-electron chi connectivity index (χ0n) is 9.86. The third kappa shape index (κ3) is 3.33. The molecule has 0 saturated heterocycles. The Morgan fingerprint density at radius 1 is 1.33 bits per heavy atom. The van der Waals surface area contributed by atoms with E-state index in [-0.39, 0.29) is 0 Å². The fourth-order valence-corrected chi connectivity index (χ4v) is 2.50. The molecule has 0 aliphatic heterocycles. The molecular formula is C14H19I. The molecule has 0 atom stereocenters. The Morgan fingerprint density at radius 3 is 2.47 bits per heavy atom. The number of hydrogen-bond donors (Lipinski definition) is 0. The normalized spacial score (nSPS) is 10.4. The molecule has 0 radical (unpaired) electrons. The maximum absolute atomic E-state index is 3.95. The van der Waals surface area contributed by atoms with Crippen LogP contribution < -0.4 is 0 Å². The van der Waals surface area contributed by atoms with Gasteiger partial charge in [-0.25, -0.2) is 0 Å². The van der Waals surface area contributed by atoms with Crippen LogP contribution in [0.1, 0.15) is 37.0 Å². The van der Waals surface area contributed by atoms with E-state index in [0.29, 0.717) is 0 Å². The van der Waals surface area contributed by atoms with Crippen molar-refractivity contribution < 1.29 is 0 Å². The molecule has 0 aliphatic carbocycles. The molecule has 15 heavy (non-hydrogen) atoms. The third-order valence-electron chi connectivity index (χ3n) is 2.78. The van der Waals surface area contributed by atoms with Crippen molar-refractivity contribution in [3.05, 3.63) is 44.5 Å². The van der Waals surface area contributed by atoms with Crippen molar-refractivity contribution in [1.29, 1.82) is 0 Å². The van der Waals surface area contributed by atoms with Crippen LogP contribution >= 0.6 is 22.6 Å². The first-order chi connectivity index (χ1) is 7.06. The molecule has 1 aromatic rings. The molecule has 0 bridgehead atoms. The van der Waals surface area contributed by atoms with E-state index in [1.54, 1.807) is 0 Å². The summed E-state index contributed by atoms with van der Waals surface area (Å²) in [6, 6.07) is 4.54. The second-order valence-electron chi connectivity index (χ2n) is 4.13. The largest absolute Gasteiger partial charge is 0.100 e. The van der Waals surface area contributed by atoms with Crippen molar-refractivity contribution in [1.82, 2.24) is 0 Å². The Labute approximate surface area is 107 Å². The monoisotopic (exact) mass is 314 g/mol. The van der Waals surface area contributed by atoms with Gasteiger partial charge in [-0.1, -0.05) is 24.6 Å². The molecule has 0 unspecified atom stereocenters. The molecule has 0 fully saturated rings. The van der Waals surface area contributed by atoms with Crippen molar-refractivity contribution in [2.75, 3.05) is 0 Å². The summed E-state index contributed by atoms with van der Waals surface area (Å²) in [5, 5.41) is 0. The van der Waals surface area contributed by atoms with Gasteiger partial charge >= 0.3 is 0 Å². The quantitative estimate of drug-likeness (QED) is 0.559. The second-order valence-corrected chi connectivity index (χ2v) is 5.21. The Kier molecular flexibility index (Phi) is 4.84. The highest BCUT2D eigenvalue weighted by Crippen LogP contribution is 2.23. The van der Waals surface area contributed by atoms with Gasteiger partial charge in [-0.2, -0.15) is 0 Å². The molecule has 0 aliphatic rings. The van der Waals surface area contributed by atoms with Gasteiger partial charge in [0.2, 0.25) is 0 Å². The van der Waals surface area contributed by atoms with Gasteiger partial charge in [0.05, 0.1) is 0 Å². The second kappa shape index (κ2) is 5.69. The summed E-state index contributed by atoms with van der Waals surface area (Å²) in [6.07, 6.45) is 3.35. The van der Waals surface area contributed by atoms with Gasteiger partial charge in [0.15, 0.2) is 0 Å². The lowest BCUT2D eigenvalue weighted by Crippen LogP contribution is -1.97. The Bertz CT molecular complexity index is 364.